The van der Waals surface area contributed by atoms with Crippen LogP contribution in [0.15, 0.2) is 43.1 Å². The van der Waals surface area contributed by atoms with E-state index >= 15 is 0 Å². The molecule has 0 bridgehead atoms. The van der Waals surface area contributed by atoms with Crippen LogP contribution in [0.2, 0.25) is 0 Å². The maximum absolute atomic E-state index is 12.1. The zero-order valence-corrected chi connectivity index (χ0v) is 22.0. The third-order valence-electron chi connectivity index (χ3n) is 7.73. The Morgan fingerprint density at radius 1 is 1.05 bits per heavy atom. The van der Waals surface area contributed by atoms with Crippen LogP contribution in [0.4, 0.5) is 11.5 Å². The topological polar surface area (TPSA) is 120 Å². The number of carbonyl (C=O) groups excluding carboxylic acids is 1. The van der Waals surface area contributed by atoms with Crippen LogP contribution in [0.5, 0.6) is 0 Å². The Labute approximate surface area is 221 Å². The summed E-state index contributed by atoms with van der Waals surface area (Å²) < 4.78 is 9.50. The van der Waals surface area contributed by atoms with Crippen molar-refractivity contribution in [3.05, 3.63) is 43.1 Å². The summed E-state index contributed by atoms with van der Waals surface area (Å²) in [7, 11) is 0. The molecule has 0 aromatic carbocycles. The Morgan fingerprint density at radius 2 is 1.82 bits per heavy atom. The van der Waals surface area contributed by atoms with E-state index < -0.39 is 0 Å². The molecule has 0 aliphatic carbocycles. The zero-order valence-electron chi connectivity index (χ0n) is 22.0. The predicted octanol–water partition coefficient (Wildman–Crippen LogP) is 3.03. The van der Waals surface area contributed by atoms with Gasteiger partial charge in [-0.3, -0.25) is 14.5 Å². The lowest BCUT2D eigenvalue weighted by Gasteiger charge is -2.45. The number of amides is 1. The highest BCUT2D eigenvalue weighted by Gasteiger charge is 2.31. The molecule has 2 atom stereocenters. The van der Waals surface area contributed by atoms with Gasteiger partial charge in [0.05, 0.1) is 29.3 Å². The minimum absolute atomic E-state index is 0.110. The Bertz CT molecular complexity index is 1460. The van der Waals surface area contributed by atoms with Crippen LogP contribution in [0.25, 0.3) is 28.0 Å². The minimum atomic E-state index is 0.110. The van der Waals surface area contributed by atoms with E-state index in [2.05, 4.69) is 55.7 Å². The number of fused-ring (bicyclic) bond motifs is 1. The van der Waals surface area contributed by atoms with Crippen LogP contribution in [-0.2, 0) is 9.53 Å². The Kier molecular flexibility index (Phi) is 6.22. The number of nitrogens with zero attached hydrogens (tertiary/aromatic N) is 8. The minimum Gasteiger partial charge on any atom is -0.382 e. The summed E-state index contributed by atoms with van der Waals surface area (Å²) in [4.78, 5) is 25.3. The normalized spacial score (nSPS) is 20.8. The molecule has 6 rings (SSSR count). The van der Waals surface area contributed by atoms with Gasteiger partial charge < -0.3 is 20.3 Å². The van der Waals surface area contributed by atoms with Crippen LogP contribution in [-0.4, -0.2) is 78.6 Å². The van der Waals surface area contributed by atoms with Crippen molar-refractivity contribution in [2.45, 2.75) is 51.7 Å². The molecule has 0 radical (unpaired) electrons. The van der Waals surface area contributed by atoms with Crippen LogP contribution < -0.4 is 10.6 Å². The second kappa shape index (κ2) is 9.71. The highest BCUT2D eigenvalue weighted by molar-refractivity contribution is 5.91. The molecule has 6 heterocycles. The average Bonchev–Trinajstić information content (AvgIpc) is 3.54. The number of piperazine rings is 1. The lowest BCUT2D eigenvalue weighted by atomic mass is 10.1. The summed E-state index contributed by atoms with van der Waals surface area (Å²) >= 11 is 0. The van der Waals surface area contributed by atoms with Gasteiger partial charge in [0.2, 0.25) is 5.91 Å². The number of pyridine rings is 1. The highest BCUT2D eigenvalue weighted by Crippen LogP contribution is 2.37. The van der Waals surface area contributed by atoms with Gasteiger partial charge in [-0.05, 0) is 44.9 Å². The van der Waals surface area contributed by atoms with Crippen LogP contribution in [0.1, 0.15) is 39.7 Å². The first kappa shape index (κ1) is 24.4. The SMILES string of the molecule is CC(=O)N1[C@H](C)CN(c2cncc(-c3cc(-c4ccnn4C4CCOCC4)c4c(N)ncnn34)c2)C[C@@H]1C. The molecule has 2 saturated heterocycles. The van der Waals surface area contributed by atoms with Crippen LogP contribution in [0, 0.1) is 0 Å². The van der Waals surface area contributed by atoms with Gasteiger partial charge in [0.15, 0.2) is 5.82 Å². The number of hydrogen-bond acceptors (Lipinski definition) is 8. The van der Waals surface area contributed by atoms with Crippen LogP contribution in [0.3, 0.4) is 0 Å². The van der Waals surface area contributed by atoms with Gasteiger partial charge in [-0.15, -0.1) is 0 Å². The molecule has 0 saturated carbocycles. The first-order valence-corrected chi connectivity index (χ1v) is 13.2. The molecular weight excluding hydrogens is 482 g/mol. The maximum Gasteiger partial charge on any atom is 0.220 e. The Morgan fingerprint density at radius 3 is 2.55 bits per heavy atom. The van der Waals surface area contributed by atoms with Gasteiger partial charge in [0.1, 0.15) is 11.8 Å². The summed E-state index contributed by atoms with van der Waals surface area (Å²) in [5.74, 6) is 0.522. The molecule has 11 heteroatoms. The smallest absolute Gasteiger partial charge is 0.220 e. The second-order valence-electron chi connectivity index (χ2n) is 10.3. The van der Waals surface area contributed by atoms with Crippen molar-refractivity contribution < 1.29 is 9.53 Å². The van der Waals surface area contributed by atoms with E-state index in [1.165, 1.54) is 6.33 Å². The van der Waals surface area contributed by atoms with E-state index in [1.54, 1.807) is 6.92 Å². The molecule has 2 aliphatic heterocycles. The fourth-order valence-electron chi connectivity index (χ4n) is 6.11. The molecule has 4 aromatic heterocycles. The van der Waals surface area contributed by atoms with Crippen molar-refractivity contribution >= 4 is 22.9 Å². The lowest BCUT2D eigenvalue weighted by molar-refractivity contribution is -0.133. The van der Waals surface area contributed by atoms with E-state index in [0.717, 1.165) is 72.9 Å². The average molecular weight is 516 g/mol. The lowest BCUT2D eigenvalue weighted by Crippen LogP contribution is -2.58. The fraction of sp³-hybridized carbons (Fsp3) is 0.444. The summed E-state index contributed by atoms with van der Waals surface area (Å²) in [6.07, 6.45) is 8.87. The number of ether oxygens (including phenoxy) is 1. The van der Waals surface area contributed by atoms with Crippen molar-refractivity contribution in [2.24, 2.45) is 0 Å². The molecule has 1 amide bonds. The third kappa shape index (κ3) is 4.16. The molecule has 198 valence electrons. The van der Waals surface area contributed by atoms with E-state index in [9.17, 15) is 4.79 Å². The summed E-state index contributed by atoms with van der Waals surface area (Å²) in [6, 6.07) is 6.74. The number of carbonyl (C=O) groups is 1. The van der Waals surface area contributed by atoms with Crippen LogP contribution >= 0.6 is 0 Å². The first-order valence-electron chi connectivity index (χ1n) is 13.2. The summed E-state index contributed by atoms with van der Waals surface area (Å²) in [5.41, 5.74) is 11.9. The third-order valence-corrected chi connectivity index (χ3v) is 7.73. The number of nitrogen functional groups attached to an aromatic ring is 1. The molecule has 2 N–H and O–H groups in total. The maximum atomic E-state index is 12.1. The van der Waals surface area contributed by atoms with E-state index in [-0.39, 0.29) is 24.0 Å². The molecule has 0 spiro atoms. The quantitative estimate of drug-likeness (QED) is 0.440. The Hall–Kier alpha value is -3.99. The predicted molar refractivity (Wildman–Crippen MR) is 145 cm³/mol. The standard InChI is InChI=1S/C27H33N9O2/c1-17-14-33(15-18(2)34(17)19(3)37)22-10-20(12-29-13-22)25-11-23(26-27(28)30-16-32-36(25)26)24-4-7-31-35(24)21-5-8-38-9-6-21/h4,7,10-13,16-18,21H,5-6,8-9,14-15H2,1-3H3,(H2,28,30,32)/t17-,18+. The summed E-state index contributed by atoms with van der Waals surface area (Å²) in [6.45, 7) is 8.77. The second-order valence-corrected chi connectivity index (χ2v) is 10.3. The van der Waals surface area contributed by atoms with Gasteiger partial charge in [0, 0.05) is 68.8 Å². The van der Waals surface area contributed by atoms with Gasteiger partial charge >= 0.3 is 0 Å². The van der Waals surface area contributed by atoms with Gasteiger partial charge in [-0.25, -0.2) is 9.50 Å². The van der Waals surface area contributed by atoms with Crippen molar-refractivity contribution in [2.75, 3.05) is 36.9 Å². The number of nitrogens with two attached hydrogens (primary N) is 1. The monoisotopic (exact) mass is 515 g/mol. The van der Waals surface area contributed by atoms with Crippen molar-refractivity contribution in [1.29, 1.82) is 0 Å². The van der Waals surface area contributed by atoms with E-state index in [1.807, 2.05) is 34.1 Å². The Balaban J connectivity index is 1.41. The highest BCUT2D eigenvalue weighted by atomic mass is 16.5. The molecule has 11 nitrogen and oxygen atoms in total. The van der Waals surface area contributed by atoms with E-state index in [0.29, 0.717) is 5.82 Å². The number of hydrogen-bond donors (Lipinski definition) is 1. The van der Waals surface area contributed by atoms with Gasteiger partial charge in [-0.1, -0.05) is 0 Å². The summed E-state index contributed by atoms with van der Waals surface area (Å²) in [5, 5.41) is 9.24. The number of anilines is 2. The molecule has 2 fully saturated rings. The number of aromatic nitrogens is 6. The van der Waals surface area contributed by atoms with E-state index in [4.69, 9.17) is 10.5 Å². The largest absolute Gasteiger partial charge is 0.382 e. The molecular formula is C27H33N9O2. The molecule has 0 unspecified atom stereocenters. The molecule has 38 heavy (non-hydrogen) atoms. The van der Waals surface area contributed by atoms with Gasteiger partial charge in [0.25, 0.3) is 0 Å². The van der Waals surface area contributed by atoms with Crippen molar-refractivity contribution in [1.82, 2.24) is 34.3 Å². The fourth-order valence-corrected chi connectivity index (χ4v) is 6.11. The molecule has 4 aromatic rings. The molecule has 2 aliphatic rings. The number of rotatable bonds is 4. The first-order chi connectivity index (χ1) is 18.4. The van der Waals surface area contributed by atoms with Crippen molar-refractivity contribution in [3.8, 4) is 22.5 Å². The zero-order chi connectivity index (χ0) is 26.4. The van der Waals surface area contributed by atoms with Crippen molar-refractivity contribution in [3.63, 3.8) is 0 Å². The van der Waals surface area contributed by atoms with Gasteiger partial charge in [-0.2, -0.15) is 10.2 Å².